The number of amides is 1. The minimum atomic E-state index is -0.0566. The van der Waals surface area contributed by atoms with Gasteiger partial charge < -0.3 is 20.1 Å². The first-order valence-electron chi connectivity index (χ1n) is 9.81. The van der Waals surface area contributed by atoms with E-state index in [0.717, 1.165) is 23.4 Å². The van der Waals surface area contributed by atoms with Crippen molar-refractivity contribution in [3.8, 4) is 28.8 Å². The van der Waals surface area contributed by atoms with Gasteiger partial charge in [-0.3, -0.25) is 4.79 Å². The van der Waals surface area contributed by atoms with Crippen molar-refractivity contribution in [3.63, 3.8) is 0 Å². The van der Waals surface area contributed by atoms with Crippen LogP contribution in [0.1, 0.15) is 17.0 Å². The molecule has 2 aromatic carbocycles. The molecule has 0 bridgehead atoms. The number of nitrogens with one attached hydrogen (secondary N) is 1. The van der Waals surface area contributed by atoms with Gasteiger partial charge >= 0.3 is 0 Å². The number of carbonyl (C=O) groups excluding carboxylic acids is 1. The van der Waals surface area contributed by atoms with Gasteiger partial charge in [0.2, 0.25) is 5.91 Å². The van der Waals surface area contributed by atoms with Crippen molar-refractivity contribution in [1.29, 1.82) is 5.26 Å². The van der Waals surface area contributed by atoms with Crippen LogP contribution < -0.4 is 15.0 Å². The molecule has 1 saturated heterocycles. The smallest absolute Gasteiger partial charge is 0.239 e. The summed E-state index contributed by atoms with van der Waals surface area (Å²) < 4.78 is 5.57. The minimum absolute atomic E-state index is 0.00335. The summed E-state index contributed by atoms with van der Waals surface area (Å²) in [4.78, 5) is 22.7. The Balaban J connectivity index is 1.58. The fraction of sp³-hybridized carbons (Fsp3) is 0.217. The molecule has 31 heavy (non-hydrogen) atoms. The molecule has 3 aromatic rings. The number of phenolic OH excluding ortho intramolecular Hbond substituents is 1. The topological polar surface area (TPSA) is 111 Å². The highest BCUT2D eigenvalue weighted by atomic mass is 16.5. The summed E-state index contributed by atoms with van der Waals surface area (Å²) in [6.07, 6.45) is 2.17. The summed E-state index contributed by atoms with van der Waals surface area (Å²) in [6, 6.07) is 14.4. The van der Waals surface area contributed by atoms with Crippen LogP contribution in [0.2, 0.25) is 0 Å². The van der Waals surface area contributed by atoms with Crippen molar-refractivity contribution in [1.82, 2.24) is 15.3 Å². The second-order valence-corrected chi connectivity index (χ2v) is 7.16. The second-order valence-electron chi connectivity index (χ2n) is 7.16. The van der Waals surface area contributed by atoms with Crippen molar-refractivity contribution in [3.05, 3.63) is 65.6 Å². The maximum absolute atomic E-state index is 11.7. The van der Waals surface area contributed by atoms with Crippen LogP contribution in [-0.2, 0) is 11.2 Å². The fourth-order valence-corrected chi connectivity index (χ4v) is 3.55. The Morgan fingerprint density at radius 1 is 1.26 bits per heavy atom. The quantitative estimate of drug-likeness (QED) is 0.657. The molecule has 2 heterocycles. The second kappa shape index (κ2) is 8.71. The minimum Gasteiger partial charge on any atom is -0.507 e. The lowest BCUT2D eigenvalue weighted by Crippen LogP contribution is -2.47. The number of aromatic nitrogens is 2. The normalized spacial score (nSPS) is 13.4. The lowest BCUT2D eigenvalue weighted by molar-refractivity contribution is -0.120. The van der Waals surface area contributed by atoms with E-state index < -0.39 is 0 Å². The molecule has 2 N–H and O–H groups in total. The molecule has 0 atom stereocenters. The van der Waals surface area contributed by atoms with Crippen molar-refractivity contribution in [2.75, 3.05) is 31.6 Å². The summed E-state index contributed by atoms with van der Waals surface area (Å²) in [5.41, 5.74) is 3.45. The van der Waals surface area contributed by atoms with E-state index in [4.69, 9.17) is 10.00 Å². The third-order valence-electron chi connectivity index (χ3n) is 5.10. The molecule has 8 heteroatoms. The Bertz CT molecular complexity index is 1170. The van der Waals surface area contributed by atoms with Crippen LogP contribution in [-0.4, -0.2) is 47.7 Å². The summed E-state index contributed by atoms with van der Waals surface area (Å²) in [5, 5.41) is 21.7. The summed E-state index contributed by atoms with van der Waals surface area (Å²) >= 11 is 0. The first kappa shape index (κ1) is 20.2. The van der Waals surface area contributed by atoms with Crippen molar-refractivity contribution in [2.45, 2.75) is 6.42 Å². The number of nitrogens with zero attached hydrogens (tertiary/aromatic N) is 4. The van der Waals surface area contributed by atoms with Crippen LogP contribution in [0.5, 0.6) is 11.5 Å². The number of rotatable bonds is 5. The molecule has 0 radical (unpaired) electrons. The molecule has 1 amide bonds. The predicted molar refractivity (Wildman–Crippen MR) is 115 cm³/mol. The number of hydrogen-bond acceptors (Lipinski definition) is 7. The molecule has 0 unspecified atom stereocenters. The third-order valence-corrected chi connectivity index (χ3v) is 5.10. The van der Waals surface area contributed by atoms with E-state index in [1.54, 1.807) is 31.5 Å². The third kappa shape index (κ3) is 4.41. The lowest BCUT2D eigenvalue weighted by atomic mass is 10.1. The number of ether oxygens (including phenoxy) is 1. The number of phenols is 1. The van der Waals surface area contributed by atoms with Crippen LogP contribution in [0.15, 0.2) is 48.7 Å². The molecular formula is C23H21N5O3. The molecule has 0 saturated carbocycles. The molecule has 1 fully saturated rings. The molecule has 0 spiro atoms. The number of nitriles is 1. The molecule has 0 aliphatic carbocycles. The average molecular weight is 415 g/mol. The van der Waals surface area contributed by atoms with Gasteiger partial charge in [0.05, 0.1) is 30.6 Å². The highest BCUT2D eigenvalue weighted by Gasteiger charge is 2.20. The van der Waals surface area contributed by atoms with E-state index in [9.17, 15) is 9.90 Å². The SMILES string of the molecule is COc1cc(Cc2nccc(-c3ccc(O)c(C#N)c3)n2)ccc1N1CCNC(=O)C1. The first-order chi connectivity index (χ1) is 15.1. The predicted octanol–water partition coefficient (Wildman–Crippen LogP) is 2.26. The van der Waals surface area contributed by atoms with E-state index in [0.29, 0.717) is 36.8 Å². The zero-order chi connectivity index (χ0) is 21.8. The van der Waals surface area contributed by atoms with Crippen LogP contribution in [0.4, 0.5) is 5.69 Å². The largest absolute Gasteiger partial charge is 0.507 e. The number of hydrogen-bond donors (Lipinski definition) is 2. The Kier molecular flexibility index (Phi) is 5.67. The van der Waals surface area contributed by atoms with E-state index in [1.165, 1.54) is 6.07 Å². The summed E-state index contributed by atoms with van der Waals surface area (Å²) in [6.45, 7) is 1.64. The number of aromatic hydroxyl groups is 1. The van der Waals surface area contributed by atoms with Gasteiger partial charge in [0.1, 0.15) is 23.4 Å². The number of benzene rings is 2. The van der Waals surface area contributed by atoms with Crippen molar-refractivity contribution >= 4 is 11.6 Å². The zero-order valence-corrected chi connectivity index (χ0v) is 17.0. The van der Waals surface area contributed by atoms with Gasteiger partial charge in [-0.2, -0.15) is 5.26 Å². The number of carbonyl (C=O) groups is 1. The van der Waals surface area contributed by atoms with Gasteiger partial charge in [-0.1, -0.05) is 6.07 Å². The first-order valence-corrected chi connectivity index (χ1v) is 9.81. The maximum Gasteiger partial charge on any atom is 0.239 e. The number of piperazine rings is 1. The van der Waals surface area contributed by atoms with E-state index in [2.05, 4.69) is 15.3 Å². The highest BCUT2D eigenvalue weighted by Crippen LogP contribution is 2.30. The molecule has 8 nitrogen and oxygen atoms in total. The van der Waals surface area contributed by atoms with Gasteiger partial charge in [0, 0.05) is 31.3 Å². The monoisotopic (exact) mass is 415 g/mol. The lowest BCUT2D eigenvalue weighted by Gasteiger charge is -2.30. The average Bonchev–Trinajstić information content (AvgIpc) is 2.79. The van der Waals surface area contributed by atoms with Crippen LogP contribution in [0.25, 0.3) is 11.3 Å². The van der Waals surface area contributed by atoms with Crippen molar-refractivity contribution < 1.29 is 14.6 Å². The fourth-order valence-electron chi connectivity index (χ4n) is 3.55. The van der Waals surface area contributed by atoms with E-state index in [1.807, 2.05) is 29.2 Å². The van der Waals surface area contributed by atoms with Crippen LogP contribution in [0.3, 0.4) is 0 Å². The van der Waals surface area contributed by atoms with Gasteiger partial charge in [-0.15, -0.1) is 0 Å². The molecule has 1 aliphatic rings. The zero-order valence-electron chi connectivity index (χ0n) is 17.0. The van der Waals surface area contributed by atoms with Gasteiger partial charge in [0.25, 0.3) is 0 Å². The highest BCUT2D eigenvalue weighted by molar-refractivity contribution is 5.83. The van der Waals surface area contributed by atoms with Gasteiger partial charge in [-0.25, -0.2) is 9.97 Å². The van der Waals surface area contributed by atoms with Crippen LogP contribution >= 0.6 is 0 Å². The Hall–Kier alpha value is -4.12. The van der Waals surface area contributed by atoms with Crippen LogP contribution in [0, 0.1) is 11.3 Å². The van der Waals surface area contributed by atoms with E-state index >= 15 is 0 Å². The molecule has 1 aliphatic heterocycles. The Labute approximate surface area is 179 Å². The number of methoxy groups -OCH3 is 1. The molecular weight excluding hydrogens is 394 g/mol. The Morgan fingerprint density at radius 2 is 2.13 bits per heavy atom. The molecule has 1 aromatic heterocycles. The Morgan fingerprint density at radius 3 is 2.90 bits per heavy atom. The summed E-state index contributed by atoms with van der Waals surface area (Å²) in [5.74, 6) is 1.26. The summed E-state index contributed by atoms with van der Waals surface area (Å²) in [7, 11) is 1.61. The number of anilines is 1. The van der Waals surface area contributed by atoms with Gasteiger partial charge in [0.15, 0.2) is 0 Å². The molecule has 156 valence electrons. The van der Waals surface area contributed by atoms with E-state index in [-0.39, 0.29) is 17.2 Å². The molecule has 4 rings (SSSR count). The van der Waals surface area contributed by atoms with Crippen molar-refractivity contribution in [2.24, 2.45) is 0 Å². The maximum atomic E-state index is 11.7. The van der Waals surface area contributed by atoms with Gasteiger partial charge in [-0.05, 0) is 42.0 Å². The standard InChI is InChI=1S/C23H21N5O3/c1-31-21-10-15(2-4-19(21)28-9-8-26-23(30)14-28)11-22-25-7-6-18(27-22)16-3-5-20(29)17(12-16)13-24/h2-7,10,12,29H,8-9,11,14H2,1H3,(H,26,30).